The monoisotopic (exact) mass is 478 g/mol. The summed E-state index contributed by atoms with van der Waals surface area (Å²) >= 11 is 0. The summed E-state index contributed by atoms with van der Waals surface area (Å²) in [5, 5.41) is 13.9. The number of hydrogen-bond donors (Lipinski definition) is 2. The van der Waals surface area contributed by atoms with E-state index in [1.807, 2.05) is 67.0 Å². The quantitative estimate of drug-likeness (QED) is 0.403. The standard InChI is InChI=1S/C29H26N4O3/c34-25(32-29(10-11-29)28-16-27(17-28,18-28)26(35)36)22-5-3-4-19-9-13-33(24(19)22)15-21-8-7-20(14-31-21)23-6-1-2-12-30-23/h1-9,12-14H,10-11,15-18H2,(H,32,34)(H,35,36). The first-order chi connectivity index (χ1) is 17.4. The zero-order valence-electron chi connectivity index (χ0n) is 19.8. The van der Waals surface area contributed by atoms with E-state index in [-0.39, 0.29) is 16.9 Å². The number of hydrogen-bond acceptors (Lipinski definition) is 4. The van der Waals surface area contributed by atoms with Crippen LogP contribution in [0.4, 0.5) is 0 Å². The molecular weight excluding hydrogens is 452 g/mol. The van der Waals surface area contributed by atoms with Gasteiger partial charge in [0.05, 0.1) is 34.4 Å². The van der Waals surface area contributed by atoms with Crippen molar-refractivity contribution in [3.05, 3.63) is 84.4 Å². The van der Waals surface area contributed by atoms with Crippen molar-refractivity contribution in [3.63, 3.8) is 0 Å². The lowest BCUT2D eigenvalue weighted by molar-refractivity contribution is -0.236. The molecule has 3 aromatic heterocycles. The first kappa shape index (κ1) is 21.3. The van der Waals surface area contributed by atoms with Crippen molar-refractivity contribution in [2.45, 2.75) is 44.2 Å². The van der Waals surface area contributed by atoms with Gasteiger partial charge in [0.1, 0.15) is 0 Å². The highest BCUT2D eigenvalue weighted by molar-refractivity contribution is 6.06. The molecule has 8 rings (SSSR count). The van der Waals surface area contributed by atoms with Crippen LogP contribution in [-0.4, -0.2) is 37.1 Å². The topological polar surface area (TPSA) is 97.1 Å². The molecule has 180 valence electrons. The molecule has 2 bridgehead atoms. The molecule has 4 aromatic rings. The van der Waals surface area contributed by atoms with E-state index in [1.165, 1.54) is 0 Å². The Morgan fingerprint density at radius 3 is 2.47 bits per heavy atom. The molecule has 7 heteroatoms. The van der Waals surface area contributed by atoms with E-state index in [1.54, 1.807) is 6.20 Å². The van der Waals surface area contributed by atoms with Crippen molar-refractivity contribution in [2.75, 3.05) is 0 Å². The van der Waals surface area contributed by atoms with Crippen LogP contribution >= 0.6 is 0 Å². The maximum atomic E-state index is 13.6. The lowest BCUT2D eigenvalue weighted by atomic mass is 9.32. The van der Waals surface area contributed by atoms with Gasteiger partial charge in [0.25, 0.3) is 5.91 Å². The summed E-state index contributed by atoms with van der Waals surface area (Å²) in [7, 11) is 0. The smallest absolute Gasteiger partial charge is 0.309 e. The van der Waals surface area contributed by atoms with Gasteiger partial charge in [-0.25, -0.2) is 0 Å². The van der Waals surface area contributed by atoms with E-state index in [9.17, 15) is 14.7 Å². The molecule has 3 heterocycles. The van der Waals surface area contributed by atoms with Gasteiger partial charge < -0.3 is 15.0 Å². The Morgan fingerprint density at radius 1 is 0.972 bits per heavy atom. The molecule has 2 N–H and O–H groups in total. The van der Waals surface area contributed by atoms with E-state index in [0.29, 0.717) is 31.4 Å². The van der Waals surface area contributed by atoms with E-state index in [0.717, 1.165) is 40.7 Å². The van der Waals surface area contributed by atoms with Gasteiger partial charge in [0.15, 0.2) is 0 Å². The average molecular weight is 479 g/mol. The molecule has 0 saturated heterocycles. The molecule has 36 heavy (non-hydrogen) atoms. The van der Waals surface area contributed by atoms with Gasteiger partial charge in [0.2, 0.25) is 0 Å². The van der Waals surface area contributed by atoms with Crippen LogP contribution in [0.2, 0.25) is 0 Å². The number of aromatic nitrogens is 3. The predicted octanol–water partition coefficient (Wildman–Crippen LogP) is 4.66. The highest BCUT2D eigenvalue weighted by atomic mass is 16.4. The molecule has 0 radical (unpaired) electrons. The fourth-order valence-corrected chi connectivity index (χ4v) is 6.67. The summed E-state index contributed by atoms with van der Waals surface area (Å²) in [6.45, 7) is 0.548. The Morgan fingerprint density at radius 2 is 1.81 bits per heavy atom. The van der Waals surface area contributed by atoms with E-state index in [2.05, 4.69) is 19.9 Å². The third-order valence-electron chi connectivity index (χ3n) is 8.75. The Balaban J connectivity index is 1.13. The lowest BCUT2D eigenvalue weighted by Gasteiger charge is -2.71. The van der Waals surface area contributed by atoms with Crippen LogP contribution in [0.5, 0.6) is 0 Å². The highest BCUT2D eigenvalue weighted by Crippen LogP contribution is 2.81. The number of pyridine rings is 2. The number of carbonyl (C=O) groups is 2. The molecule has 0 spiro atoms. The minimum absolute atomic E-state index is 0.0315. The van der Waals surface area contributed by atoms with Gasteiger partial charge in [-0.15, -0.1) is 0 Å². The van der Waals surface area contributed by atoms with Crippen molar-refractivity contribution < 1.29 is 14.7 Å². The third kappa shape index (κ3) is 2.98. The summed E-state index contributed by atoms with van der Waals surface area (Å²) in [4.78, 5) is 34.2. The summed E-state index contributed by atoms with van der Waals surface area (Å²) in [5.74, 6) is -0.763. The first-order valence-electron chi connectivity index (χ1n) is 12.4. The second-order valence-corrected chi connectivity index (χ2v) is 10.9. The molecule has 0 unspecified atom stereocenters. The Labute approximate surface area is 208 Å². The van der Waals surface area contributed by atoms with E-state index in [4.69, 9.17) is 0 Å². The van der Waals surface area contributed by atoms with Crippen LogP contribution in [0.15, 0.2) is 73.2 Å². The number of carboxylic acids is 1. The zero-order valence-corrected chi connectivity index (χ0v) is 19.8. The van der Waals surface area contributed by atoms with Gasteiger partial charge >= 0.3 is 5.97 Å². The summed E-state index contributed by atoms with van der Waals surface area (Å²) in [6, 6.07) is 17.7. The Bertz CT molecular complexity index is 1500. The van der Waals surface area contributed by atoms with Crippen LogP contribution in [-0.2, 0) is 11.3 Å². The molecule has 0 aliphatic heterocycles. The van der Waals surface area contributed by atoms with Gasteiger partial charge in [-0.1, -0.05) is 18.2 Å². The van der Waals surface area contributed by atoms with Crippen molar-refractivity contribution in [1.29, 1.82) is 0 Å². The fraction of sp³-hybridized carbons (Fsp3) is 0.310. The first-order valence-corrected chi connectivity index (χ1v) is 12.4. The van der Waals surface area contributed by atoms with Crippen LogP contribution in [0.3, 0.4) is 0 Å². The zero-order chi connectivity index (χ0) is 24.5. The molecule has 7 nitrogen and oxygen atoms in total. The van der Waals surface area contributed by atoms with Gasteiger partial charge in [-0.3, -0.25) is 19.6 Å². The number of nitrogens with zero attached hydrogens (tertiary/aromatic N) is 3. The molecule has 4 fully saturated rings. The van der Waals surface area contributed by atoms with Gasteiger partial charge in [-0.05, 0) is 73.9 Å². The van der Waals surface area contributed by atoms with Crippen molar-refractivity contribution in [1.82, 2.24) is 19.9 Å². The molecule has 0 atom stereocenters. The van der Waals surface area contributed by atoms with Crippen LogP contribution in [0, 0.1) is 10.8 Å². The van der Waals surface area contributed by atoms with Crippen molar-refractivity contribution in [2.24, 2.45) is 10.8 Å². The summed E-state index contributed by atoms with van der Waals surface area (Å²) in [6.07, 6.45) is 9.53. The molecule has 1 aromatic carbocycles. The maximum absolute atomic E-state index is 13.6. The number of fused-ring (bicyclic) bond motifs is 1. The largest absolute Gasteiger partial charge is 0.481 e. The second-order valence-electron chi connectivity index (χ2n) is 10.9. The predicted molar refractivity (Wildman–Crippen MR) is 134 cm³/mol. The average Bonchev–Trinajstić information content (AvgIpc) is 3.48. The fourth-order valence-electron chi connectivity index (χ4n) is 6.67. The summed E-state index contributed by atoms with van der Waals surface area (Å²) < 4.78 is 2.08. The van der Waals surface area contributed by atoms with E-state index < -0.39 is 11.4 Å². The number of para-hydroxylation sites is 1. The van der Waals surface area contributed by atoms with E-state index >= 15 is 0 Å². The van der Waals surface area contributed by atoms with Crippen LogP contribution in [0.1, 0.15) is 48.2 Å². The van der Waals surface area contributed by atoms with Crippen LogP contribution in [0.25, 0.3) is 22.2 Å². The Kier molecular flexibility index (Phi) is 4.29. The number of amides is 1. The minimum atomic E-state index is -0.684. The number of carbonyl (C=O) groups excluding carboxylic acids is 1. The number of rotatable bonds is 7. The number of aliphatic carboxylic acids is 1. The maximum Gasteiger partial charge on any atom is 0.309 e. The molecule has 4 aliphatic carbocycles. The normalized spacial score (nSPS) is 25.0. The number of benzene rings is 1. The molecule has 1 amide bonds. The third-order valence-corrected chi connectivity index (χ3v) is 8.75. The molecule has 4 saturated carbocycles. The van der Waals surface area contributed by atoms with Gasteiger partial charge in [-0.2, -0.15) is 0 Å². The Hall–Kier alpha value is -4.00. The minimum Gasteiger partial charge on any atom is -0.481 e. The van der Waals surface area contributed by atoms with Gasteiger partial charge in [0, 0.05) is 35.1 Å². The SMILES string of the molecule is O=C(NC1(C23CC(C(=O)O)(C2)C3)CC1)c1cccc2ccn(Cc3ccc(-c4ccccn4)cn3)c12. The summed E-state index contributed by atoms with van der Waals surface area (Å²) in [5.41, 5.74) is 3.47. The molecule has 4 aliphatic rings. The van der Waals surface area contributed by atoms with Crippen LogP contribution < -0.4 is 5.32 Å². The lowest BCUT2D eigenvalue weighted by Crippen LogP contribution is -2.73. The molecular formula is C29H26N4O3. The highest BCUT2D eigenvalue weighted by Gasteiger charge is 2.81. The number of carboxylic acid groups (broad SMARTS) is 1. The van der Waals surface area contributed by atoms with Crippen molar-refractivity contribution >= 4 is 22.8 Å². The number of nitrogens with one attached hydrogen (secondary N) is 1. The second kappa shape index (κ2) is 7.26. The van der Waals surface area contributed by atoms with Crippen molar-refractivity contribution in [3.8, 4) is 11.3 Å².